The summed E-state index contributed by atoms with van der Waals surface area (Å²) in [5.74, 6) is -0.558. The predicted octanol–water partition coefficient (Wildman–Crippen LogP) is 1.02. The van der Waals surface area contributed by atoms with Gasteiger partial charge in [0.1, 0.15) is 12.0 Å². The summed E-state index contributed by atoms with van der Waals surface area (Å²) in [5.41, 5.74) is 0.694. The zero-order valence-electron chi connectivity index (χ0n) is 17.9. The van der Waals surface area contributed by atoms with Crippen LogP contribution in [0.25, 0.3) is 0 Å². The minimum atomic E-state index is -3.85. The van der Waals surface area contributed by atoms with Gasteiger partial charge in [0.25, 0.3) is 0 Å². The predicted molar refractivity (Wildman–Crippen MR) is 111 cm³/mol. The number of aryl methyl sites for hydroxylation is 1. The zero-order chi connectivity index (χ0) is 22.3. The van der Waals surface area contributed by atoms with Crippen molar-refractivity contribution in [2.45, 2.75) is 44.7 Å². The second kappa shape index (κ2) is 10.7. The van der Waals surface area contributed by atoms with Gasteiger partial charge in [-0.2, -0.15) is 4.31 Å². The summed E-state index contributed by atoms with van der Waals surface area (Å²) in [7, 11) is -2.33. The van der Waals surface area contributed by atoms with Crippen molar-refractivity contribution in [3.05, 3.63) is 23.8 Å². The van der Waals surface area contributed by atoms with Gasteiger partial charge >= 0.3 is 11.8 Å². The van der Waals surface area contributed by atoms with E-state index in [1.807, 2.05) is 13.8 Å². The average Bonchev–Trinajstić information content (AvgIpc) is 2.71. The van der Waals surface area contributed by atoms with Crippen LogP contribution in [-0.4, -0.2) is 64.1 Å². The van der Waals surface area contributed by atoms with Gasteiger partial charge in [-0.25, -0.2) is 8.42 Å². The second-order valence-electron chi connectivity index (χ2n) is 7.57. The van der Waals surface area contributed by atoms with Crippen LogP contribution in [0.2, 0.25) is 0 Å². The van der Waals surface area contributed by atoms with Crippen molar-refractivity contribution >= 4 is 21.8 Å². The Morgan fingerprint density at radius 2 is 1.97 bits per heavy atom. The lowest BCUT2D eigenvalue weighted by Gasteiger charge is -2.34. The molecule has 0 unspecified atom stereocenters. The molecule has 30 heavy (non-hydrogen) atoms. The van der Waals surface area contributed by atoms with Gasteiger partial charge in [0.2, 0.25) is 10.0 Å². The van der Waals surface area contributed by atoms with Gasteiger partial charge < -0.3 is 20.1 Å². The molecule has 10 heteroatoms. The number of rotatable bonds is 8. The highest BCUT2D eigenvalue weighted by atomic mass is 32.2. The lowest BCUT2D eigenvalue weighted by atomic mass is 10.1. The highest BCUT2D eigenvalue weighted by Crippen LogP contribution is 2.26. The van der Waals surface area contributed by atoms with Crippen molar-refractivity contribution in [1.82, 2.24) is 14.9 Å². The molecule has 1 aromatic rings. The van der Waals surface area contributed by atoms with E-state index in [0.717, 1.165) is 6.42 Å². The summed E-state index contributed by atoms with van der Waals surface area (Å²) in [5, 5.41) is 5.02. The van der Waals surface area contributed by atoms with E-state index in [2.05, 4.69) is 10.6 Å². The first-order chi connectivity index (χ1) is 14.2. The Morgan fingerprint density at radius 3 is 2.60 bits per heavy atom. The number of benzene rings is 1. The second-order valence-corrected chi connectivity index (χ2v) is 9.47. The summed E-state index contributed by atoms with van der Waals surface area (Å²) >= 11 is 0. The van der Waals surface area contributed by atoms with Gasteiger partial charge in [-0.05, 0) is 49.4 Å². The Bertz CT molecular complexity index is 856. The van der Waals surface area contributed by atoms with Crippen molar-refractivity contribution in [2.24, 2.45) is 5.92 Å². The van der Waals surface area contributed by atoms with E-state index in [9.17, 15) is 18.0 Å². The molecule has 0 spiro atoms. The van der Waals surface area contributed by atoms with Crippen molar-refractivity contribution in [3.63, 3.8) is 0 Å². The van der Waals surface area contributed by atoms with Gasteiger partial charge in [0.05, 0.1) is 25.2 Å². The number of sulfonamides is 1. The fourth-order valence-corrected chi connectivity index (χ4v) is 4.72. The molecule has 1 aliphatic rings. The highest BCUT2D eigenvalue weighted by Gasteiger charge is 2.35. The van der Waals surface area contributed by atoms with Crippen LogP contribution in [0.5, 0.6) is 5.75 Å². The SMILES string of the molecule is COc1ccc(S(=O)(=O)N2CCCO[C@@H]2CNC(=O)C(=O)NCCC(C)C)cc1C. The monoisotopic (exact) mass is 441 g/mol. The molecule has 2 rings (SSSR count). The van der Waals surface area contributed by atoms with Crippen LogP contribution in [0.15, 0.2) is 23.1 Å². The molecule has 1 heterocycles. The Balaban J connectivity index is 2.04. The molecule has 1 saturated heterocycles. The van der Waals surface area contributed by atoms with E-state index in [1.54, 1.807) is 19.1 Å². The van der Waals surface area contributed by atoms with Crippen LogP contribution in [0, 0.1) is 12.8 Å². The summed E-state index contributed by atoms with van der Waals surface area (Å²) in [6, 6.07) is 4.62. The van der Waals surface area contributed by atoms with Gasteiger partial charge in [0.15, 0.2) is 0 Å². The third-order valence-electron chi connectivity index (χ3n) is 4.78. The van der Waals surface area contributed by atoms with Crippen molar-refractivity contribution in [3.8, 4) is 5.75 Å². The number of amides is 2. The molecule has 1 aromatic carbocycles. The first kappa shape index (κ1) is 24.1. The molecule has 1 aliphatic heterocycles. The third-order valence-corrected chi connectivity index (χ3v) is 6.66. The molecule has 0 aromatic heterocycles. The van der Waals surface area contributed by atoms with Crippen molar-refractivity contribution in [1.29, 1.82) is 0 Å². The molecule has 0 radical (unpaired) electrons. The lowest BCUT2D eigenvalue weighted by Crippen LogP contribution is -2.53. The van der Waals surface area contributed by atoms with Crippen LogP contribution in [0.1, 0.15) is 32.3 Å². The fraction of sp³-hybridized carbons (Fsp3) is 0.600. The van der Waals surface area contributed by atoms with Gasteiger partial charge in [-0.15, -0.1) is 0 Å². The van der Waals surface area contributed by atoms with E-state index < -0.39 is 28.1 Å². The summed E-state index contributed by atoms with van der Waals surface area (Å²) in [6.07, 6.45) is 0.408. The summed E-state index contributed by atoms with van der Waals surface area (Å²) in [6.45, 7) is 6.72. The minimum absolute atomic E-state index is 0.119. The van der Waals surface area contributed by atoms with E-state index in [1.165, 1.54) is 17.5 Å². The molecule has 9 nitrogen and oxygen atoms in total. The van der Waals surface area contributed by atoms with Crippen LogP contribution in [0.4, 0.5) is 0 Å². The molecular formula is C20H31N3O6S. The number of hydrogen-bond acceptors (Lipinski definition) is 6. The van der Waals surface area contributed by atoms with Crippen LogP contribution in [-0.2, 0) is 24.3 Å². The number of hydrogen-bond donors (Lipinski definition) is 2. The lowest BCUT2D eigenvalue weighted by molar-refractivity contribution is -0.140. The Kier molecular flexibility index (Phi) is 8.63. The van der Waals surface area contributed by atoms with Crippen LogP contribution < -0.4 is 15.4 Å². The molecule has 1 fully saturated rings. The maximum Gasteiger partial charge on any atom is 0.309 e. The number of carbonyl (C=O) groups is 2. The molecule has 2 N–H and O–H groups in total. The number of nitrogens with one attached hydrogen (secondary N) is 2. The molecule has 0 bridgehead atoms. The molecular weight excluding hydrogens is 410 g/mol. The zero-order valence-corrected chi connectivity index (χ0v) is 18.8. The number of carbonyl (C=O) groups excluding carboxylic acids is 2. The standard InChI is InChI=1S/C20H31N3O6S/c1-14(2)8-9-21-19(24)20(25)22-13-18-23(10-5-11-29-18)30(26,27)16-6-7-17(28-4)15(3)12-16/h6-7,12,14,18H,5,8-11,13H2,1-4H3,(H,21,24)(H,22,25)/t18-/m1/s1. The average molecular weight is 442 g/mol. The molecule has 168 valence electrons. The smallest absolute Gasteiger partial charge is 0.309 e. The topological polar surface area (TPSA) is 114 Å². The normalized spacial score (nSPS) is 17.6. The fourth-order valence-electron chi connectivity index (χ4n) is 3.06. The Morgan fingerprint density at radius 1 is 1.27 bits per heavy atom. The van der Waals surface area contributed by atoms with E-state index in [-0.39, 0.29) is 18.0 Å². The van der Waals surface area contributed by atoms with Crippen LogP contribution >= 0.6 is 0 Å². The maximum atomic E-state index is 13.1. The summed E-state index contributed by atoms with van der Waals surface area (Å²) in [4.78, 5) is 24.0. The van der Waals surface area contributed by atoms with Crippen molar-refractivity contribution in [2.75, 3.05) is 33.4 Å². The first-order valence-electron chi connectivity index (χ1n) is 10.0. The largest absolute Gasteiger partial charge is 0.496 e. The van der Waals surface area contributed by atoms with E-state index in [4.69, 9.17) is 9.47 Å². The van der Waals surface area contributed by atoms with Crippen molar-refractivity contribution < 1.29 is 27.5 Å². The number of nitrogens with zero attached hydrogens (tertiary/aromatic N) is 1. The first-order valence-corrected chi connectivity index (χ1v) is 11.4. The quantitative estimate of drug-likeness (QED) is 0.582. The molecule has 1 atom stereocenters. The Hall–Kier alpha value is -2.17. The Labute approximate surface area is 178 Å². The number of ether oxygens (including phenoxy) is 2. The number of methoxy groups -OCH3 is 1. The van der Waals surface area contributed by atoms with Gasteiger partial charge in [-0.3, -0.25) is 9.59 Å². The highest BCUT2D eigenvalue weighted by molar-refractivity contribution is 7.89. The third kappa shape index (κ3) is 6.16. The van der Waals surface area contributed by atoms with E-state index in [0.29, 0.717) is 36.8 Å². The van der Waals surface area contributed by atoms with Crippen LogP contribution in [0.3, 0.4) is 0 Å². The van der Waals surface area contributed by atoms with Gasteiger partial charge in [-0.1, -0.05) is 13.8 Å². The maximum absolute atomic E-state index is 13.1. The molecule has 2 amide bonds. The summed E-state index contributed by atoms with van der Waals surface area (Å²) < 4.78 is 38.3. The molecule has 0 saturated carbocycles. The molecule has 0 aliphatic carbocycles. The van der Waals surface area contributed by atoms with Gasteiger partial charge in [0, 0.05) is 13.1 Å². The minimum Gasteiger partial charge on any atom is -0.496 e. The van der Waals surface area contributed by atoms with E-state index >= 15 is 0 Å².